The minimum Gasteiger partial charge on any atom is -0.399 e. The molecule has 2 aromatic rings. The van der Waals surface area contributed by atoms with Gasteiger partial charge in [0.25, 0.3) is 0 Å². The third-order valence-corrected chi connectivity index (χ3v) is 2.20. The number of aryl methyl sites for hydroxylation is 1. The Balaban J connectivity index is 2.49. The number of hydrogen-bond acceptors (Lipinski definition) is 4. The topological polar surface area (TPSA) is 69.6 Å². The molecule has 0 fully saturated rings. The zero-order valence-corrected chi connectivity index (χ0v) is 8.89. The van der Waals surface area contributed by atoms with E-state index < -0.39 is 0 Å². The molecule has 0 saturated carbocycles. The van der Waals surface area contributed by atoms with Crippen LogP contribution in [0.3, 0.4) is 0 Å². The molecule has 0 radical (unpaired) electrons. The molecule has 16 heavy (non-hydrogen) atoms. The van der Waals surface area contributed by atoms with Crippen molar-refractivity contribution < 1.29 is 4.39 Å². The molecule has 0 aliphatic heterocycles. The number of aromatic nitrogens is 4. The summed E-state index contributed by atoms with van der Waals surface area (Å²) in [5.41, 5.74) is 6.43. The van der Waals surface area contributed by atoms with Gasteiger partial charge in [0.15, 0.2) is 5.82 Å². The number of halogens is 1. The fourth-order valence-corrected chi connectivity index (χ4v) is 1.47. The van der Waals surface area contributed by atoms with Crippen molar-refractivity contribution in [2.24, 2.45) is 0 Å². The molecule has 0 bridgehead atoms. The zero-order chi connectivity index (χ0) is 11.5. The van der Waals surface area contributed by atoms with Crippen molar-refractivity contribution in [1.29, 1.82) is 0 Å². The van der Waals surface area contributed by atoms with E-state index in [1.54, 1.807) is 4.68 Å². The number of nitrogen functional groups attached to an aromatic ring is 1. The van der Waals surface area contributed by atoms with E-state index in [0.29, 0.717) is 23.6 Å². The summed E-state index contributed by atoms with van der Waals surface area (Å²) in [6.07, 6.45) is 0.877. The van der Waals surface area contributed by atoms with E-state index in [-0.39, 0.29) is 5.82 Å². The molecular weight excluding hydrogens is 209 g/mol. The predicted octanol–water partition coefficient (Wildman–Crippen LogP) is 1.47. The van der Waals surface area contributed by atoms with E-state index in [9.17, 15) is 4.39 Å². The molecule has 0 spiro atoms. The van der Waals surface area contributed by atoms with Crippen molar-refractivity contribution in [1.82, 2.24) is 20.2 Å². The van der Waals surface area contributed by atoms with Crippen LogP contribution in [0.1, 0.15) is 13.3 Å². The Kier molecular flexibility index (Phi) is 2.80. The molecule has 1 aromatic carbocycles. The lowest BCUT2D eigenvalue weighted by molar-refractivity contribution is 0.578. The first-order valence-corrected chi connectivity index (χ1v) is 5.04. The molecule has 84 valence electrons. The van der Waals surface area contributed by atoms with Gasteiger partial charge >= 0.3 is 0 Å². The van der Waals surface area contributed by atoms with Gasteiger partial charge in [-0.25, -0.2) is 9.07 Å². The van der Waals surface area contributed by atoms with Gasteiger partial charge in [-0.3, -0.25) is 0 Å². The van der Waals surface area contributed by atoms with Gasteiger partial charge in [0.05, 0.1) is 5.56 Å². The van der Waals surface area contributed by atoms with Crippen LogP contribution in [0.5, 0.6) is 0 Å². The molecule has 0 atom stereocenters. The van der Waals surface area contributed by atoms with Crippen molar-refractivity contribution in [2.75, 3.05) is 5.73 Å². The van der Waals surface area contributed by atoms with Crippen LogP contribution in [0, 0.1) is 5.82 Å². The van der Waals surface area contributed by atoms with Crippen LogP contribution in [0.2, 0.25) is 0 Å². The highest BCUT2D eigenvalue weighted by molar-refractivity contribution is 5.61. The van der Waals surface area contributed by atoms with Gasteiger partial charge in [-0.15, -0.1) is 5.10 Å². The molecule has 1 aromatic heterocycles. The molecule has 5 nitrogen and oxygen atoms in total. The summed E-state index contributed by atoms with van der Waals surface area (Å²) in [6.45, 7) is 2.65. The Morgan fingerprint density at radius 2 is 2.25 bits per heavy atom. The van der Waals surface area contributed by atoms with Gasteiger partial charge in [0.1, 0.15) is 5.82 Å². The van der Waals surface area contributed by atoms with E-state index in [1.165, 1.54) is 18.2 Å². The average molecular weight is 221 g/mol. The van der Waals surface area contributed by atoms with Crippen LogP contribution in [-0.2, 0) is 6.54 Å². The van der Waals surface area contributed by atoms with E-state index in [1.807, 2.05) is 6.92 Å². The number of benzene rings is 1. The summed E-state index contributed by atoms with van der Waals surface area (Å²) in [5.74, 6) is 0.0352. The van der Waals surface area contributed by atoms with Crippen molar-refractivity contribution in [3.8, 4) is 11.4 Å². The number of anilines is 1. The summed E-state index contributed by atoms with van der Waals surface area (Å²) in [5, 5.41) is 11.2. The summed E-state index contributed by atoms with van der Waals surface area (Å²) >= 11 is 0. The fraction of sp³-hybridized carbons (Fsp3) is 0.300. The van der Waals surface area contributed by atoms with Crippen LogP contribution in [0.25, 0.3) is 11.4 Å². The number of nitrogens with zero attached hydrogens (tertiary/aromatic N) is 4. The minimum atomic E-state index is -0.374. The third-order valence-electron chi connectivity index (χ3n) is 2.20. The largest absolute Gasteiger partial charge is 0.399 e. The summed E-state index contributed by atoms with van der Waals surface area (Å²) in [4.78, 5) is 0. The first-order chi connectivity index (χ1) is 7.72. The number of rotatable bonds is 3. The Morgan fingerprint density at radius 1 is 1.44 bits per heavy atom. The molecule has 0 aliphatic rings. The Hall–Kier alpha value is -1.98. The van der Waals surface area contributed by atoms with Crippen LogP contribution < -0.4 is 5.73 Å². The molecule has 2 rings (SSSR count). The van der Waals surface area contributed by atoms with Gasteiger partial charge in [-0.05, 0) is 35.0 Å². The Bertz CT molecular complexity index is 494. The third kappa shape index (κ3) is 1.86. The second kappa shape index (κ2) is 4.26. The van der Waals surface area contributed by atoms with Crippen molar-refractivity contribution in [3.63, 3.8) is 0 Å². The highest BCUT2D eigenvalue weighted by Crippen LogP contribution is 2.22. The Morgan fingerprint density at radius 3 is 3.00 bits per heavy atom. The number of tetrazole rings is 1. The lowest BCUT2D eigenvalue weighted by Gasteiger charge is -2.04. The predicted molar refractivity (Wildman–Crippen MR) is 57.9 cm³/mol. The molecule has 0 amide bonds. The molecule has 6 heteroatoms. The first-order valence-electron chi connectivity index (χ1n) is 5.04. The summed E-state index contributed by atoms with van der Waals surface area (Å²) < 4.78 is 15.2. The maximum Gasteiger partial charge on any atom is 0.185 e. The number of nitrogens with two attached hydrogens (primary N) is 1. The monoisotopic (exact) mass is 221 g/mol. The maximum atomic E-state index is 13.6. The van der Waals surface area contributed by atoms with Crippen LogP contribution in [0.15, 0.2) is 18.2 Å². The van der Waals surface area contributed by atoms with Crippen LogP contribution in [0.4, 0.5) is 10.1 Å². The van der Waals surface area contributed by atoms with Gasteiger partial charge < -0.3 is 5.73 Å². The van der Waals surface area contributed by atoms with Gasteiger partial charge in [0.2, 0.25) is 0 Å². The molecule has 0 saturated heterocycles. The quantitative estimate of drug-likeness (QED) is 0.797. The second-order valence-corrected chi connectivity index (χ2v) is 3.46. The van der Waals surface area contributed by atoms with Crippen LogP contribution in [-0.4, -0.2) is 20.2 Å². The molecular formula is C10H12FN5. The van der Waals surface area contributed by atoms with Gasteiger partial charge in [-0.1, -0.05) is 6.92 Å². The Labute approximate surface area is 92.1 Å². The smallest absolute Gasteiger partial charge is 0.185 e. The maximum absolute atomic E-state index is 13.6. The zero-order valence-electron chi connectivity index (χ0n) is 8.89. The molecule has 0 unspecified atom stereocenters. The fourth-order valence-electron chi connectivity index (χ4n) is 1.47. The normalized spacial score (nSPS) is 10.6. The molecule has 0 aliphatic carbocycles. The van der Waals surface area contributed by atoms with Gasteiger partial charge in [-0.2, -0.15) is 0 Å². The highest BCUT2D eigenvalue weighted by Gasteiger charge is 2.13. The minimum absolute atomic E-state index is 0.332. The van der Waals surface area contributed by atoms with E-state index >= 15 is 0 Å². The molecule has 2 N–H and O–H groups in total. The van der Waals surface area contributed by atoms with Crippen molar-refractivity contribution in [2.45, 2.75) is 19.9 Å². The van der Waals surface area contributed by atoms with E-state index in [2.05, 4.69) is 15.5 Å². The summed E-state index contributed by atoms with van der Waals surface area (Å²) in [7, 11) is 0. The van der Waals surface area contributed by atoms with Gasteiger partial charge in [0, 0.05) is 12.2 Å². The second-order valence-electron chi connectivity index (χ2n) is 3.46. The highest BCUT2D eigenvalue weighted by atomic mass is 19.1. The summed E-state index contributed by atoms with van der Waals surface area (Å²) in [6, 6.07) is 4.36. The lowest BCUT2D eigenvalue weighted by atomic mass is 10.2. The lowest BCUT2D eigenvalue weighted by Crippen LogP contribution is -2.03. The average Bonchev–Trinajstić information content (AvgIpc) is 2.70. The van der Waals surface area contributed by atoms with E-state index in [0.717, 1.165) is 6.42 Å². The SMILES string of the molecule is CCCn1nnnc1-c1cc(N)ccc1F. The first kappa shape index (κ1) is 10.5. The van der Waals surface area contributed by atoms with Crippen LogP contribution >= 0.6 is 0 Å². The molecule has 1 heterocycles. The van der Waals surface area contributed by atoms with Crippen molar-refractivity contribution >= 4 is 5.69 Å². The van der Waals surface area contributed by atoms with Crippen molar-refractivity contribution in [3.05, 3.63) is 24.0 Å². The standard InChI is InChI=1S/C10H12FN5/c1-2-5-16-10(13-14-15-16)8-6-7(12)3-4-9(8)11/h3-4,6H,2,5,12H2,1H3. The van der Waals surface area contributed by atoms with E-state index in [4.69, 9.17) is 5.73 Å². The number of hydrogen-bond donors (Lipinski definition) is 1.